The van der Waals surface area contributed by atoms with Crippen molar-refractivity contribution < 1.29 is 9.84 Å². The van der Waals surface area contributed by atoms with E-state index in [-0.39, 0.29) is 12.7 Å². The Kier molecular flexibility index (Phi) is 4.50. The molecular weight excluding hydrogens is 164 g/mol. The Hall–Kier alpha value is -0.860. The molecular formula is C11H16O2. The highest BCUT2D eigenvalue weighted by atomic mass is 16.5. The molecule has 1 aromatic carbocycles. The van der Waals surface area contributed by atoms with Gasteiger partial charge in [0, 0.05) is 0 Å². The van der Waals surface area contributed by atoms with Crippen LogP contribution in [0.4, 0.5) is 0 Å². The highest BCUT2D eigenvalue weighted by Gasteiger charge is 1.98. The standard InChI is InChI=1S/C11H16O2/c1-10(9-12)13-8-7-11-5-3-2-4-6-11/h2-6,10,12H,7-9H2,1H3/t10-/m1/s1. The van der Waals surface area contributed by atoms with Gasteiger partial charge < -0.3 is 9.84 Å². The van der Waals surface area contributed by atoms with E-state index < -0.39 is 0 Å². The highest BCUT2D eigenvalue weighted by molar-refractivity contribution is 5.14. The summed E-state index contributed by atoms with van der Waals surface area (Å²) in [6.07, 6.45) is 0.856. The zero-order chi connectivity index (χ0) is 9.52. The Morgan fingerprint density at radius 3 is 2.62 bits per heavy atom. The van der Waals surface area contributed by atoms with Gasteiger partial charge in [-0.15, -0.1) is 0 Å². The number of rotatable bonds is 5. The number of hydrogen-bond acceptors (Lipinski definition) is 2. The molecule has 1 atom stereocenters. The first-order chi connectivity index (χ1) is 6.33. The molecule has 72 valence electrons. The van der Waals surface area contributed by atoms with Crippen molar-refractivity contribution in [1.29, 1.82) is 0 Å². The van der Waals surface area contributed by atoms with Crippen LogP contribution in [0.2, 0.25) is 0 Å². The van der Waals surface area contributed by atoms with Crippen LogP contribution in [0.15, 0.2) is 30.3 Å². The van der Waals surface area contributed by atoms with Crippen LogP contribution < -0.4 is 0 Å². The molecule has 0 radical (unpaired) electrons. The zero-order valence-electron chi connectivity index (χ0n) is 7.94. The lowest BCUT2D eigenvalue weighted by atomic mass is 10.2. The molecule has 1 rings (SSSR count). The predicted octanol–water partition coefficient (Wildman–Crippen LogP) is 1.63. The van der Waals surface area contributed by atoms with Crippen LogP contribution in [-0.2, 0) is 11.2 Å². The minimum Gasteiger partial charge on any atom is -0.394 e. The Labute approximate surface area is 79.2 Å². The second-order valence-corrected chi connectivity index (χ2v) is 3.10. The lowest BCUT2D eigenvalue weighted by Crippen LogP contribution is -2.14. The van der Waals surface area contributed by atoms with Gasteiger partial charge in [0.05, 0.1) is 19.3 Å². The molecule has 13 heavy (non-hydrogen) atoms. The average molecular weight is 180 g/mol. The van der Waals surface area contributed by atoms with Crippen LogP contribution in [0, 0.1) is 0 Å². The maximum absolute atomic E-state index is 8.71. The SMILES string of the molecule is C[C@H](CO)OCCc1ccccc1. The fourth-order valence-corrected chi connectivity index (χ4v) is 1.08. The molecule has 0 aliphatic carbocycles. The van der Waals surface area contributed by atoms with Crippen molar-refractivity contribution in [2.45, 2.75) is 19.4 Å². The minimum atomic E-state index is -0.0521. The monoisotopic (exact) mass is 180 g/mol. The molecule has 0 amide bonds. The third kappa shape index (κ3) is 4.06. The molecule has 0 unspecified atom stereocenters. The first-order valence-electron chi connectivity index (χ1n) is 4.59. The fourth-order valence-electron chi connectivity index (χ4n) is 1.08. The van der Waals surface area contributed by atoms with Crippen LogP contribution in [-0.4, -0.2) is 24.4 Å². The molecule has 2 heteroatoms. The van der Waals surface area contributed by atoms with E-state index in [0.717, 1.165) is 6.42 Å². The average Bonchev–Trinajstić information content (AvgIpc) is 2.19. The van der Waals surface area contributed by atoms with E-state index in [9.17, 15) is 0 Å². The third-order valence-corrected chi connectivity index (χ3v) is 1.89. The van der Waals surface area contributed by atoms with Gasteiger partial charge in [-0.05, 0) is 18.9 Å². The second kappa shape index (κ2) is 5.73. The summed E-state index contributed by atoms with van der Waals surface area (Å²) in [7, 11) is 0. The molecule has 2 nitrogen and oxygen atoms in total. The number of ether oxygens (including phenoxy) is 1. The van der Waals surface area contributed by atoms with Gasteiger partial charge in [0.2, 0.25) is 0 Å². The van der Waals surface area contributed by atoms with E-state index >= 15 is 0 Å². The summed E-state index contributed by atoms with van der Waals surface area (Å²) in [5.74, 6) is 0. The molecule has 0 heterocycles. The molecule has 0 aromatic heterocycles. The molecule has 0 fully saturated rings. The largest absolute Gasteiger partial charge is 0.394 e. The van der Waals surface area contributed by atoms with Gasteiger partial charge in [-0.3, -0.25) is 0 Å². The molecule has 0 saturated heterocycles. The lowest BCUT2D eigenvalue weighted by molar-refractivity contribution is 0.0267. The number of aliphatic hydroxyl groups is 1. The molecule has 0 saturated carbocycles. The Morgan fingerprint density at radius 1 is 1.31 bits per heavy atom. The minimum absolute atomic E-state index is 0.0521. The highest BCUT2D eigenvalue weighted by Crippen LogP contribution is 2.00. The van der Waals surface area contributed by atoms with Crippen LogP contribution in [0.5, 0.6) is 0 Å². The van der Waals surface area contributed by atoms with Crippen LogP contribution >= 0.6 is 0 Å². The van der Waals surface area contributed by atoms with Gasteiger partial charge >= 0.3 is 0 Å². The van der Waals surface area contributed by atoms with Gasteiger partial charge in [-0.25, -0.2) is 0 Å². The van der Waals surface area contributed by atoms with Crippen LogP contribution in [0.25, 0.3) is 0 Å². The van der Waals surface area contributed by atoms with Crippen molar-refractivity contribution in [3.05, 3.63) is 35.9 Å². The van der Waals surface area contributed by atoms with Crippen molar-refractivity contribution in [2.75, 3.05) is 13.2 Å². The predicted molar refractivity (Wildman–Crippen MR) is 52.6 cm³/mol. The quantitative estimate of drug-likeness (QED) is 0.746. The van der Waals surface area contributed by atoms with Gasteiger partial charge in [-0.2, -0.15) is 0 Å². The topological polar surface area (TPSA) is 29.5 Å². The number of benzene rings is 1. The van der Waals surface area contributed by atoms with Crippen molar-refractivity contribution in [3.8, 4) is 0 Å². The molecule has 1 N–H and O–H groups in total. The van der Waals surface area contributed by atoms with Crippen molar-refractivity contribution in [3.63, 3.8) is 0 Å². The van der Waals surface area contributed by atoms with E-state index in [4.69, 9.17) is 9.84 Å². The fraction of sp³-hybridized carbons (Fsp3) is 0.455. The van der Waals surface area contributed by atoms with Crippen LogP contribution in [0.1, 0.15) is 12.5 Å². The zero-order valence-corrected chi connectivity index (χ0v) is 7.94. The normalized spacial score (nSPS) is 12.8. The van der Waals surface area contributed by atoms with Crippen molar-refractivity contribution >= 4 is 0 Å². The van der Waals surface area contributed by atoms with Gasteiger partial charge in [0.25, 0.3) is 0 Å². The Bertz CT molecular complexity index is 221. The van der Waals surface area contributed by atoms with Gasteiger partial charge in [-0.1, -0.05) is 30.3 Å². The maximum atomic E-state index is 8.71. The molecule has 1 aromatic rings. The van der Waals surface area contributed by atoms with E-state index in [1.165, 1.54) is 5.56 Å². The second-order valence-electron chi connectivity index (χ2n) is 3.10. The van der Waals surface area contributed by atoms with E-state index in [2.05, 4.69) is 12.1 Å². The first-order valence-corrected chi connectivity index (χ1v) is 4.59. The van der Waals surface area contributed by atoms with E-state index in [0.29, 0.717) is 6.61 Å². The lowest BCUT2D eigenvalue weighted by Gasteiger charge is -2.09. The summed E-state index contributed by atoms with van der Waals surface area (Å²) in [5, 5.41) is 8.71. The maximum Gasteiger partial charge on any atom is 0.0777 e. The summed E-state index contributed by atoms with van der Waals surface area (Å²) in [4.78, 5) is 0. The summed E-state index contributed by atoms with van der Waals surface area (Å²) >= 11 is 0. The Balaban J connectivity index is 2.20. The Morgan fingerprint density at radius 2 is 2.00 bits per heavy atom. The number of hydrogen-bond donors (Lipinski definition) is 1. The summed E-state index contributed by atoms with van der Waals surface area (Å²) in [5.41, 5.74) is 1.27. The van der Waals surface area contributed by atoms with Gasteiger partial charge in [0.1, 0.15) is 0 Å². The van der Waals surface area contributed by atoms with Gasteiger partial charge in [0.15, 0.2) is 0 Å². The van der Waals surface area contributed by atoms with Crippen LogP contribution in [0.3, 0.4) is 0 Å². The third-order valence-electron chi connectivity index (χ3n) is 1.89. The molecule has 0 aliphatic rings. The summed E-state index contributed by atoms with van der Waals surface area (Å²) in [6.45, 7) is 2.63. The number of aliphatic hydroxyl groups excluding tert-OH is 1. The van der Waals surface area contributed by atoms with E-state index in [1.807, 2.05) is 25.1 Å². The molecule has 0 bridgehead atoms. The molecule has 0 spiro atoms. The molecule has 0 aliphatic heterocycles. The summed E-state index contributed by atoms with van der Waals surface area (Å²) in [6, 6.07) is 10.2. The summed E-state index contributed by atoms with van der Waals surface area (Å²) < 4.78 is 5.35. The van der Waals surface area contributed by atoms with Crippen molar-refractivity contribution in [2.24, 2.45) is 0 Å². The smallest absolute Gasteiger partial charge is 0.0777 e. The first kappa shape index (κ1) is 10.2. The van der Waals surface area contributed by atoms with Crippen molar-refractivity contribution in [1.82, 2.24) is 0 Å². The van der Waals surface area contributed by atoms with E-state index in [1.54, 1.807) is 0 Å².